The standard InChI is InChI=1S/C27H36BBr2N3O4/c1-19(2)16-25(28-36-14-6-12-31-13-7-15-37-28)33-27(35)24(17-20-8-4-3-5-9-20)32-26(34)22-18-21(29)10-11-23(22)30/h3-5,8-11,18-19,24-25,31H,6-7,12-17H2,1-2H3,(H,32,34)(H,33,35)/t24-,25-/m0/s1. The molecule has 1 aliphatic heterocycles. The Morgan fingerprint density at radius 3 is 2.32 bits per heavy atom. The van der Waals surface area contributed by atoms with E-state index < -0.39 is 13.2 Å². The summed E-state index contributed by atoms with van der Waals surface area (Å²) in [7, 11) is -0.545. The lowest BCUT2D eigenvalue weighted by Gasteiger charge is -2.29. The van der Waals surface area contributed by atoms with E-state index >= 15 is 0 Å². The Bertz CT molecular complexity index is 1000. The first kappa shape index (κ1) is 29.8. The van der Waals surface area contributed by atoms with Crippen molar-refractivity contribution < 1.29 is 18.9 Å². The van der Waals surface area contributed by atoms with Gasteiger partial charge in [-0.3, -0.25) is 9.59 Å². The van der Waals surface area contributed by atoms with Crippen molar-refractivity contribution >= 4 is 50.8 Å². The molecule has 2 aromatic rings. The van der Waals surface area contributed by atoms with Crippen LogP contribution in [0.5, 0.6) is 0 Å². The number of halogens is 2. The van der Waals surface area contributed by atoms with E-state index in [-0.39, 0.29) is 17.8 Å². The van der Waals surface area contributed by atoms with Crippen molar-refractivity contribution in [3.8, 4) is 0 Å². The van der Waals surface area contributed by atoms with Gasteiger partial charge in [0, 0.05) is 28.6 Å². The van der Waals surface area contributed by atoms with Crippen LogP contribution in [0.2, 0.25) is 0 Å². The van der Waals surface area contributed by atoms with Gasteiger partial charge in [0.1, 0.15) is 6.04 Å². The first-order valence-corrected chi connectivity index (χ1v) is 14.5. The maximum absolute atomic E-state index is 13.7. The van der Waals surface area contributed by atoms with Crippen molar-refractivity contribution in [2.45, 2.75) is 51.5 Å². The summed E-state index contributed by atoms with van der Waals surface area (Å²) in [6.07, 6.45) is 2.79. The number of carbonyl (C=O) groups excluding carboxylic acids is 2. The average molecular weight is 637 g/mol. The number of rotatable bonds is 9. The lowest BCUT2D eigenvalue weighted by molar-refractivity contribution is -0.123. The third kappa shape index (κ3) is 10.2. The first-order chi connectivity index (χ1) is 17.8. The number of amides is 2. The normalized spacial score (nSPS) is 16.6. The molecule has 1 aliphatic rings. The maximum atomic E-state index is 13.7. The summed E-state index contributed by atoms with van der Waals surface area (Å²) >= 11 is 6.87. The second-order valence-electron chi connectivity index (χ2n) is 9.65. The molecule has 3 rings (SSSR count). The van der Waals surface area contributed by atoms with Crippen molar-refractivity contribution in [1.29, 1.82) is 0 Å². The van der Waals surface area contributed by atoms with Crippen molar-refractivity contribution in [3.63, 3.8) is 0 Å². The highest BCUT2D eigenvalue weighted by Gasteiger charge is 2.35. The molecule has 3 N–H and O–H groups in total. The van der Waals surface area contributed by atoms with Gasteiger partial charge < -0.3 is 25.3 Å². The van der Waals surface area contributed by atoms with Crippen LogP contribution < -0.4 is 16.0 Å². The predicted octanol–water partition coefficient (Wildman–Crippen LogP) is 4.53. The smallest absolute Gasteiger partial charge is 0.410 e. The minimum absolute atomic E-state index is 0.264. The van der Waals surface area contributed by atoms with Crippen LogP contribution in [-0.2, 0) is 20.5 Å². The van der Waals surface area contributed by atoms with E-state index in [2.05, 4.69) is 61.7 Å². The van der Waals surface area contributed by atoms with Crippen LogP contribution in [0.4, 0.5) is 0 Å². The summed E-state index contributed by atoms with van der Waals surface area (Å²) in [4.78, 5) is 27.0. The molecule has 7 nitrogen and oxygen atoms in total. The van der Waals surface area contributed by atoms with E-state index in [1.54, 1.807) is 12.1 Å². The molecule has 1 fully saturated rings. The van der Waals surface area contributed by atoms with Crippen molar-refractivity contribution in [2.24, 2.45) is 5.92 Å². The molecular formula is C27H36BBr2N3O4. The van der Waals surface area contributed by atoms with Gasteiger partial charge in [0.25, 0.3) is 5.91 Å². The quantitative estimate of drug-likeness (QED) is 0.352. The Morgan fingerprint density at radius 1 is 1.00 bits per heavy atom. The van der Waals surface area contributed by atoms with E-state index in [1.165, 1.54) is 0 Å². The number of hydrogen-bond acceptors (Lipinski definition) is 5. The van der Waals surface area contributed by atoms with Crippen molar-refractivity contribution in [3.05, 3.63) is 68.6 Å². The number of benzene rings is 2. The fourth-order valence-electron chi connectivity index (χ4n) is 4.19. The van der Waals surface area contributed by atoms with Crippen molar-refractivity contribution in [2.75, 3.05) is 26.3 Å². The number of carbonyl (C=O) groups is 2. The van der Waals surface area contributed by atoms with Crippen LogP contribution in [0.15, 0.2) is 57.5 Å². The van der Waals surface area contributed by atoms with E-state index in [0.717, 1.165) is 36.0 Å². The fraction of sp³-hybridized carbons (Fsp3) is 0.481. The molecule has 0 aromatic heterocycles. The maximum Gasteiger partial charge on any atom is 0.480 e. The van der Waals surface area contributed by atoms with Gasteiger partial charge >= 0.3 is 7.12 Å². The highest BCUT2D eigenvalue weighted by Crippen LogP contribution is 2.22. The minimum Gasteiger partial charge on any atom is -0.410 e. The average Bonchev–Trinajstić information content (AvgIpc) is 2.88. The monoisotopic (exact) mass is 635 g/mol. The highest BCUT2D eigenvalue weighted by molar-refractivity contribution is 9.11. The molecule has 1 saturated heterocycles. The van der Waals surface area contributed by atoms with Crippen LogP contribution >= 0.6 is 31.9 Å². The summed E-state index contributed by atoms with van der Waals surface area (Å²) in [6, 6.07) is 14.3. The van der Waals surface area contributed by atoms with E-state index in [4.69, 9.17) is 9.31 Å². The largest absolute Gasteiger partial charge is 0.480 e. The molecule has 200 valence electrons. The van der Waals surface area contributed by atoms with Gasteiger partial charge in [-0.15, -0.1) is 0 Å². The lowest BCUT2D eigenvalue weighted by atomic mass is 9.73. The van der Waals surface area contributed by atoms with Gasteiger partial charge in [-0.2, -0.15) is 0 Å². The summed E-state index contributed by atoms with van der Waals surface area (Å²) in [5, 5.41) is 9.49. The van der Waals surface area contributed by atoms with Gasteiger partial charge in [-0.1, -0.05) is 60.1 Å². The molecular weight excluding hydrogens is 601 g/mol. The van der Waals surface area contributed by atoms with Crippen LogP contribution in [0, 0.1) is 5.92 Å². The fourth-order valence-corrected chi connectivity index (χ4v) is 4.98. The van der Waals surface area contributed by atoms with Gasteiger partial charge in [-0.05, 0) is 78.0 Å². The van der Waals surface area contributed by atoms with E-state index in [0.29, 0.717) is 42.0 Å². The molecule has 2 amide bonds. The van der Waals surface area contributed by atoms with Crippen LogP contribution in [0.1, 0.15) is 49.0 Å². The van der Waals surface area contributed by atoms with Gasteiger partial charge in [0.2, 0.25) is 5.91 Å². The third-order valence-corrected chi connectivity index (χ3v) is 7.20. The van der Waals surface area contributed by atoms with E-state index in [1.807, 2.05) is 36.4 Å². The molecule has 0 aliphatic carbocycles. The molecule has 0 unspecified atom stereocenters. The predicted molar refractivity (Wildman–Crippen MR) is 154 cm³/mol. The summed E-state index contributed by atoms with van der Waals surface area (Å²) in [6.45, 7) is 7.09. The van der Waals surface area contributed by atoms with E-state index in [9.17, 15) is 9.59 Å². The van der Waals surface area contributed by atoms with Crippen LogP contribution in [-0.4, -0.2) is 57.2 Å². The Kier molecular flexibility index (Phi) is 12.6. The topological polar surface area (TPSA) is 88.7 Å². The van der Waals surface area contributed by atoms with Gasteiger partial charge in [0.05, 0.1) is 11.5 Å². The number of hydrogen-bond donors (Lipinski definition) is 3. The Morgan fingerprint density at radius 2 is 1.68 bits per heavy atom. The van der Waals surface area contributed by atoms with Crippen molar-refractivity contribution in [1.82, 2.24) is 16.0 Å². The van der Waals surface area contributed by atoms with Crippen LogP contribution in [0.3, 0.4) is 0 Å². The molecule has 10 heteroatoms. The molecule has 37 heavy (non-hydrogen) atoms. The summed E-state index contributed by atoms with van der Waals surface area (Å²) < 4.78 is 13.6. The second-order valence-corrected chi connectivity index (χ2v) is 11.4. The Labute approximate surface area is 237 Å². The zero-order chi connectivity index (χ0) is 26.6. The number of nitrogens with one attached hydrogen (secondary N) is 3. The molecule has 0 radical (unpaired) electrons. The highest BCUT2D eigenvalue weighted by atomic mass is 79.9. The molecule has 2 aromatic carbocycles. The zero-order valence-electron chi connectivity index (χ0n) is 21.5. The van der Waals surface area contributed by atoms with Gasteiger partial charge in [0.15, 0.2) is 0 Å². The Balaban J connectivity index is 1.80. The van der Waals surface area contributed by atoms with Crippen LogP contribution in [0.25, 0.3) is 0 Å². The zero-order valence-corrected chi connectivity index (χ0v) is 24.6. The molecule has 0 saturated carbocycles. The van der Waals surface area contributed by atoms with Gasteiger partial charge in [-0.25, -0.2) is 0 Å². The second kappa shape index (κ2) is 15.6. The summed E-state index contributed by atoms with van der Waals surface area (Å²) in [5.41, 5.74) is 1.40. The molecule has 0 spiro atoms. The molecule has 2 atom stereocenters. The summed E-state index contributed by atoms with van der Waals surface area (Å²) in [5.74, 6) is -0.620. The molecule has 0 bridgehead atoms. The lowest BCUT2D eigenvalue weighted by Crippen LogP contribution is -2.56. The Hall–Kier alpha value is -1.72. The SMILES string of the molecule is CC(C)C[C@H](NC(=O)[C@H](Cc1ccccc1)NC(=O)c1cc(Br)ccc1Br)B1OCCCNCCCO1. The third-order valence-electron chi connectivity index (χ3n) is 6.02. The first-order valence-electron chi connectivity index (χ1n) is 12.9. The molecule has 1 heterocycles. The minimum atomic E-state index is -0.779.